The number of hydrogen-bond acceptors (Lipinski definition) is 4. The summed E-state index contributed by atoms with van der Waals surface area (Å²) in [5.74, 6) is 0.127. The number of likely N-dealkylation sites (tertiary alicyclic amines) is 1. The molecule has 0 aliphatic carbocycles. The van der Waals surface area contributed by atoms with Crippen molar-refractivity contribution in [2.45, 2.75) is 44.6 Å². The molecular weight excluding hydrogens is 363 g/mol. The van der Waals surface area contributed by atoms with Crippen LogP contribution in [-0.2, 0) is 16.0 Å². The average molecular weight is 391 g/mol. The number of nitrogens with one attached hydrogen (secondary N) is 1. The molecule has 8 heteroatoms. The number of aromatic nitrogens is 1. The molecule has 0 bridgehead atoms. The molecule has 1 aromatic heterocycles. The summed E-state index contributed by atoms with van der Waals surface area (Å²) >= 11 is 0. The van der Waals surface area contributed by atoms with Crippen molar-refractivity contribution in [3.8, 4) is 0 Å². The minimum atomic E-state index is -0.0396. The molecule has 25 heavy (non-hydrogen) atoms. The van der Waals surface area contributed by atoms with Gasteiger partial charge < -0.3 is 16.0 Å². The third kappa shape index (κ3) is 8.03. The van der Waals surface area contributed by atoms with E-state index in [9.17, 15) is 9.59 Å². The van der Waals surface area contributed by atoms with Crippen LogP contribution in [0.15, 0.2) is 24.5 Å². The van der Waals surface area contributed by atoms with Crippen molar-refractivity contribution in [1.29, 1.82) is 0 Å². The monoisotopic (exact) mass is 390 g/mol. The van der Waals surface area contributed by atoms with Gasteiger partial charge in [0.05, 0.1) is 0 Å². The first-order chi connectivity index (χ1) is 11.2. The lowest BCUT2D eigenvalue weighted by atomic mass is 10.0. The second-order valence-corrected chi connectivity index (χ2v) is 5.93. The van der Waals surface area contributed by atoms with E-state index < -0.39 is 0 Å². The Morgan fingerprint density at radius 1 is 1.20 bits per heavy atom. The van der Waals surface area contributed by atoms with Gasteiger partial charge in [0, 0.05) is 50.9 Å². The third-order valence-electron chi connectivity index (χ3n) is 4.23. The van der Waals surface area contributed by atoms with Crippen LogP contribution in [0, 0.1) is 0 Å². The van der Waals surface area contributed by atoms with E-state index >= 15 is 0 Å². The van der Waals surface area contributed by atoms with E-state index in [-0.39, 0.29) is 42.7 Å². The first kappa shape index (κ1) is 23.6. The molecule has 3 N–H and O–H groups in total. The van der Waals surface area contributed by atoms with Crippen molar-refractivity contribution in [3.05, 3.63) is 30.1 Å². The molecule has 1 unspecified atom stereocenters. The molecule has 2 rings (SSSR count). The number of carbonyl (C=O) groups is 2. The standard InChI is InChI=1S/C17H26N4O2.2ClH/c18-9-6-16(22)20-13-15-3-1-2-12-21(15)17(23)5-4-14-7-10-19-11-8-14;;/h7-8,10-11,15H,1-6,9,12-13,18H2,(H,20,22);2*1H. The van der Waals surface area contributed by atoms with Crippen LogP contribution in [0.5, 0.6) is 0 Å². The maximum Gasteiger partial charge on any atom is 0.223 e. The molecule has 2 amide bonds. The molecule has 0 saturated carbocycles. The van der Waals surface area contributed by atoms with Crippen molar-refractivity contribution in [1.82, 2.24) is 15.2 Å². The molecule has 1 saturated heterocycles. The van der Waals surface area contributed by atoms with E-state index in [0.29, 0.717) is 25.9 Å². The van der Waals surface area contributed by atoms with Crippen molar-refractivity contribution < 1.29 is 9.59 Å². The minimum absolute atomic E-state index is 0. The van der Waals surface area contributed by atoms with Crippen LogP contribution in [0.3, 0.4) is 0 Å². The number of nitrogens with two attached hydrogens (primary N) is 1. The Labute approximate surface area is 161 Å². The molecule has 0 aromatic carbocycles. The Kier molecular flexibility index (Phi) is 12.2. The highest BCUT2D eigenvalue weighted by Gasteiger charge is 2.26. The number of amides is 2. The molecule has 0 spiro atoms. The molecule has 2 heterocycles. The van der Waals surface area contributed by atoms with Crippen molar-refractivity contribution in [2.75, 3.05) is 19.6 Å². The van der Waals surface area contributed by atoms with Crippen molar-refractivity contribution in [3.63, 3.8) is 0 Å². The van der Waals surface area contributed by atoms with Crippen LogP contribution >= 0.6 is 24.8 Å². The van der Waals surface area contributed by atoms with Crippen LogP contribution in [0.1, 0.15) is 37.7 Å². The van der Waals surface area contributed by atoms with E-state index in [1.807, 2.05) is 17.0 Å². The van der Waals surface area contributed by atoms with Gasteiger partial charge in [0.15, 0.2) is 0 Å². The van der Waals surface area contributed by atoms with Gasteiger partial charge in [-0.2, -0.15) is 0 Å². The molecule has 0 radical (unpaired) electrons. The summed E-state index contributed by atoms with van der Waals surface area (Å²) in [6.07, 6.45) is 8.14. The fourth-order valence-corrected chi connectivity index (χ4v) is 2.94. The second kappa shape index (κ2) is 12.9. The summed E-state index contributed by atoms with van der Waals surface area (Å²) in [5.41, 5.74) is 6.50. The van der Waals surface area contributed by atoms with Gasteiger partial charge in [-0.05, 0) is 43.4 Å². The average Bonchev–Trinajstić information content (AvgIpc) is 2.59. The molecular formula is C17H28Cl2N4O2. The molecule has 142 valence electrons. The van der Waals surface area contributed by atoms with E-state index in [4.69, 9.17) is 5.73 Å². The molecule has 6 nitrogen and oxygen atoms in total. The van der Waals surface area contributed by atoms with Crippen molar-refractivity contribution >= 4 is 36.6 Å². The second-order valence-electron chi connectivity index (χ2n) is 5.93. The summed E-state index contributed by atoms with van der Waals surface area (Å²) in [6, 6.07) is 3.98. The maximum absolute atomic E-state index is 12.5. The lowest BCUT2D eigenvalue weighted by Gasteiger charge is -2.36. The normalized spacial score (nSPS) is 16.4. The van der Waals surface area contributed by atoms with Gasteiger partial charge in [-0.25, -0.2) is 0 Å². The quantitative estimate of drug-likeness (QED) is 0.741. The number of pyridine rings is 1. The van der Waals surface area contributed by atoms with Crippen LogP contribution in [0.4, 0.5) is 0 Å². The first-order valence-corrected chi connectivity index (χ1v) is 8.36. The highest BCUT2D eigenvalue weighted by molar-refractivity contribution is 5.85. The third-order valence-corrected chi connectivity index (χ3v) is 4.23. The molecule has 1 aliphatic heterocycles. The summed E-state index contributed by atoms with van der Waals surface area (Å²) in [4.78, 5) is 30.0. The molecule has 1 aliphatic rings. The van der Waals surface area contributed by atoms with E-state index in [2.05, 4.69) is 10.3 Å². The SMILES string of the molecule is Cl.Cl.NCCC(=O)NCC1CCCCN1C(=O)CCc1ccncc1. The van der Waals surface area contributed by atoms with Gasteiger partial charge in [0.25, 0.3) is 0 Å². The van der Waals surface area contributed by atoms with Gasteiger partial charge >= 0.3 is 0 Å². The number of carbonyl (C=O) groups excluding carboxylic acids is 2. The number of aryl methyl sites for hydroxylation is 1. The summed E-state index contributed by atoms with van der Waals surface area (Å²) in [5, 5.41) is 2.89. The Balaban J connectivity index is 0.00000288. The van der Waals surface area contributed by atoms with E-state index in [1.165, 1.54) is 0 Å². The molecule has 1 atom stereocenters. The first-order valence-electron chi connectivity index (χ1n) is 8.36. The van der Waals surface area contributed by atoms with Crippen LogP contribution in [0.2, 0.25) is 0 Å². The van der Waals surface area contributed by atoms with Gasteiger partial charge in [-0.3, -0.25) is 14.6 Å². The Bertz CT molecular complexity index is 517. The summed E-state index contributed by atoms with van der Waals surface area (Å²) in [7, 11) is 0. The highest BCUT2D eigenvalue weighted by Crippen LogP contribution is 2.18. The number of nitrogens with zero attached hydrogens (tertiary/aromatic N) is 2. The number of hydrogen-bond donors (Lipinski definition) is 2. The molecule has 1 fully saturated rings. The fourth-order valence-electron chi connectivity index (χ4n) is 2.94. The number of halogens is 2. The zero-order valence-corrected chi connectivity index (χ0v) is 16.0. The Morgan fingerprint density at radius 2 is 1.92 bits per heavy atom. The predicted octanol–water partition coefficient (Wildman–Crippen LogP) is 1.70. The van der Waals surface area contributed by atoms with Gasteiger partial charge in [-0.15, -0.1) is 24.8 Å². The smallest absolute Gasteiger partial charge is 0.223 e. The summed E-state index contributed by atoms with van der Waals surface area (Å²) < 4.78 is 0. The number of rotatable bonds is 7. The Morgan fingerprint density at radius 3 is 2.60 bits per heavy atom. The van der Waals surface area contributed by atoms with Crippen LogP contribution < -0.4 is 11.1 Å². The van der Waals surface area contributed by atoms with Crippen LogP contribution in [0.25, 0.3) is 0 Å². The number of piperidine rings is 1. The molecule has 1 aromatic rings. The highest BCUT2D eigenvalue weighted by atomic mass is 35.5. The predicted molar refractivity (Wildman–Crippen MR) is 103 cm³/mol. The Hall–Kier alpha value is -1.37. The lowest BCUT2D eigenvalue weighted by molar-refractivity contribution is -0.135. The van der Waals surface area contributed by atoms with Gasteiger partial charge in [-0.1, -0.05) is 0 Å². The zero-order chi connectivity index (χ0) is 16.5. The lowest BCUT2D eigenvalue weighted by Crippen LogP contribution is -2.49. The summed E-state index contributed by atoms with van der Waals surface area (Å²) in [6.45, 7) is 1.66. The van der Waals surface area contributed by atoms with E-state index in [0.717, 1.165) is 37.8 Å². The topological polar surface area (TPSA) is 88.3 Å². The largest absolute Gasteiger partial charge is 0.354 e. The zero-order valence-electron chi connectivity index (χ0n) is 14.4. The minimum Gasteiger partial charge on any atom is -0.354 e. The maximum atomic E-state index is 12.5. The van der Waals surface area contributed by atoms with E-state index in [1.54, 1.807) is 12.4 Å². The fraction of sp³-hybridized carbons (Fsp3) is 0.588. The van der Waals surface area contributed by atoms with Gasteiger partial charge in [0.2, 0.25) is 11.8 Å². The van der Waals surface area contributed by atoms with Gasteiger partial charge in [0.1, 0.15) is 0 Å². The van der Waals surface area contributed by atoms with Crippen molar-refractivity contribution in [2.24, 2.45) is 5.73 Å². The van der Waals surface area contributed by atoms with Crippen LogP contribution in [-0.4, -0.2) is 47.4 Å².